The minimum absolute atomic E-state index is 0.633. The van der Waals surface area contributed by atoms with Gasteiger partial charge in [-0.3, -0.25) is 0 Å². The van der Waals surface area contributed by atoms with E-state index in [-0.39, 0.29) is 0 Å². The van der Waals surface area contributed by atoms with Gasteiger partial charge in [0.2, 0.25) is 0 Å². The summed E-state index contributed by atoms with van der Waals surface area (Å²) in [7, 11) is 0. The zero-order valence-corrected chi connectivity index (χ0v) is 10.6. The molecule has 0 saturated carbocycles. The molecule has 0 atom stereocenters. The smallest absolute Gasteiger partial charge is 0.180 e. The summed E-state index contributed by atoms with van der Waals surface area (Å²) in [4.78, 5) is 4.41. The van der Waals surface area contributed by atoms with Crippen LogP contribution in [0.15, 0.2) is 35.7 Å². The Balaban J connectivity index is 2.09. The molecule has 0 bridgehead atoms. The number of nitrogens with zero attached hydrogens (tertiary/aromatic N) is 1. The van der Waals surface area contributed by atoms with E-state index in [1.807, 2.05) is 5.38 Å². The fraction of sp³-hybridized carbons (Fsp3) is 0.133. The van der Waals surface area contributed by atoms with Gasteiger partial charge in [-0.05, 0) is 34.7 Å². The van der Waals surface area contributed by atoms with E-state index in [1.54, 1.807) is 0 Å². The lowest BCUT2D eigenvalue weighted by atomic mass is 9.99. The quantitative estimate of drug-likeness (QED) is 0.718. The van der Waals surface area contributed by atoms with Gasteiger partial charge >= 0.3 is 0 Å². The summed E-state index contributed by atoms with van der Waals surface area (Å²) < 4.78 is 0. The van der Waals surface area contributed by atoms with Crippen LogP contribution in [0.4, 0.5) is 5.13 Å². The monoisotopic (exact) mass is 252 g/mol. The van der Waals surface area contributed by atoms with Crippen LogP contribution in [0.2, 0.25) is 0 Å². The highest BCUT2D eigenvalue weighted by Gasteiger charge is 2.17. The second-order valence-corrected chi connectivity index (χ2v) is 5.57. The molecule has 88 valence electrons. The third-order valence-electron chi connectivity index (χ3n) is 3.67. The van der Waals surface area contributed by atoms with Crippen LogP contribution >= 0.6 is 11.3 Å². The lowest BCUT2D eigenvalue weighted by Gasteiger charge is -2.06. The zero-order valence-electron chi connectivity index (χ0n) is 9.81. The van der Waals surface area contributed by atoms with Crippen LogP contribution in [-0.4, -0.2) is 4.98 Å². The molecule has 1 aromatic heterocycles. The van der Waals surface area contributed by atoms with Crippen molar-refractivity contribution in [1.29, 1.82) is 0 Å². The molecular formula is C15H12N2S. The van der Waals surface area contributed by atoms with Gasteiger partial charge in [0.05, 0.1) is 5.69 Å². The predicted molar refractivity (Wildman–Crippen MR) is 76.9 cm³/mol. The average molecular weight is 252 g/mol. The largest absolute Gasteiger partial charge is 0.375 e. The van der Waals surface area contributed by atoms with Gasteiger partial charge < -0.3 is 5.73 Å². The first-order chi connectivity index (χ1) is 8.83. The molecule has 3 aromatic rings. The van der Waals surface area contributed by atoms with Crippen LogP contribution in [0, 0.1) is 0 Å². The second-order valence-electron chi connectivity index (χ2n) is 4.68. The molecule has 2 N–H and O–H groups in total. The maximum atomic E-state index is 5.74. The van der Waals surface area contributed by atoms with Crippen molar-refractivity contribution in [2.24, 2.45) is 0 Å². The van der Waals surface area contributed by atoms with Crippen LogP contribution in [0.3, 0.4) is 0 Å². The van der Waals surface area contributed by atoms with Gasteiger partial charge in [-0.2, -0.15) is 0 Å². The number of aromatic nitrogens is 1. The summed E-state index contributed by atoms with van der Waals surface area (Å²) in [6, 6.07) is 11.0. The molecule has 3 heteroatoms. The molecule has 0 saturated heterocycles. The van der Waals surface area contributed by atoms with Crippen molar-refractivity contribution in [2.75, 3.05) is 5.73 Å². The molecule has 0 radical (unpaired) electrons. The van der Waals surface area contributed by atoms with Crippen LogP contribution in [0.25, 0.3) is 22.0 Å². The third kappa shape index (κ3) is 1.31. The average Bonchev–Trinajstić information content (AvgIpc) is 2.99. The van der Waals surface area contributed by atoms with Crippen LogP contribution in [0.1, 0.15) is 11.1 Å². The van der Waals surface area contributed by atoms with E-state index in [0.29, 0.717) is 5.13 Å². The summed E-state index contributed by atoms with van der Waals surface area (Å²) >= 11 is 1.50. The van der Waals surface area contributed by atoms with Crippen molar-refractivity contribution in [3.05, 3.63) is 46.8 Å². The number of thiazole rings is 1. The topological polar surface area (TPSA) is 38.9 Å². The minimum atomic E-state index is 0.633. The molecule has 18 heavy (non-hydrogen) atoms. The van der Waals surface area contributed by atoms with E-state index in [9.17, 15) is 0 Å². The molecular weight excluding hydrogens is 240 g/mol. The van der Waals surface area contributed by atoms with Crippen molar-refractivity contribution in [2.45, 2.75) is 12.8 Å². The summed E-state index contributed by atoms with van der Waals surface area (Å²) in [6.07, 6.45) is 2.32. The highest BCUT2D eigenvalue weighted by Crippen LogP contribution is 2.37. The third-order valence-corrected chi connectivity index (χ3v) is 4.35. The highest BCUT2D eigenvalue weighted by atomic mass is 32.1. The van der Waals surface area contributed by atoms with E-state index in [1.165, 1.54) is 38.8 Å². The van der Waals surface area contributed by atoms with Crippen molar-refractivity contribution in [1.82, 2.24) is 4.98 Å². The Morgan fingerprint density at radius 2 is 1.89 bits per heavy atom. The molecule has 1 heterocycles. The summed E-state index contributed by atoms with van der Waals surface area (Å²) in [6.45, 7) is 0. The SMILES string of the molecule is Nc1nc(-c2ccc3c4c(cccc24)CC3)cs1. The number of aryl methyl sites for hydroxylation is 2. The predicted octanol–water partition coefficient (Wildman–Crippen LogP) is 3.64. The maximum absolute atomic E-state index is 5.74. The van der Waals surface area contributed by atoms with Crippen molar-refractivity contribution < 1.29 is 0 Å². The fourth-order valence-corrected chi connectivity index (χ4v) is 3.44. The standard InChI is InChI=1S/C15H12N2S/c16-15-17-13(8-18-15)11-7-6-10-5-4-9-2-1-3-12(11)14(9)10/h1-3,6-8H,4-5H2,(H2,16,17). The molecule has 0 aliphatic heterocycles. The Morgan fingerprint density at radius 3 is 2.67 bits per heavy atom. The normalized spacial score (nSPS) is 13.3. The number of nitrogen functional groups attached to an aromatic ring is 1. The molecule has 0 amide bonds. The zero-order chi connectivity index (χ0) is 12.1. The van der Waals surface area contributed by atoms with Gasteiger partial charge in [0.25, 0.3) is 0 Å². The number of hydrogen-bond acceptors (Lipinski definition) is 3. The first kappa shape index (κ1) is 10.1. The molecule has 4 rings (SSSR count). The van der Waals surface area contributed by atoms with Gasteiger partial charge in [-0.1, -0.05) is 30.3 Å². The number of benzene rings is 2. The summed E-state index contributed by atoms with van der Waals surface area (Å²) in [5, 5.41) is 5.41. The van der Waals surface area contributed by atoms with Gasteiger partial charge in [0.1, 0.15) is 0 Å². The minimum Gasteiger partial charge on any atom is -0.375 e. The first-order valence-corrected chi connectivity index (χ1v) is 6.96. The van der Waals surface area contributed by atoms with Crippen LogP contribution < -0.4 is 5.73 Å². The van der Waals surface area contributed by atoms with Crippen LogP contribution in [0.5, 0.6) is 0 Å². The van der Waals surface area contributed by atoms with Gasteiger partial charge in [-0.25, -0.2) is 4.98 Å². The molecule has 0 spiro atoms. The van der Waals surface area contributed by atoms with Crippen molar-refractivity contribution >= 4 is 27.2 Å². The van der Waals surface area contributed by atoms with Gasteiger partial charge in [0, 0.05) is 10.9 Å². The number of rotatable bonds is 1. The first-order valence-electron chi connectivity index (χ1n) is 6.08. The van der Waals surface area contributed by atoms with Gasteiger partial charge in [-0.15, -0.1) is 11.3 Å². The highest BCUT2D eigenvalue weighted by molar-refractivity contribution is 7.13. The summed E-state index contributed by atoms with van der Waals surface area (Å²) in [5.74, 6) is 0. The van der Waals surface area contributed by atoms with Crippen molar-refractivity contribution in [3.63, 3.8) is 0 Å². The maximum Gasteiger partial charge on any atom is 0.180 e. The van der Waals surface area contributed by atoms with E-state index in [4.69, 9.17) is 5.73 Å². The molecule has 2 nitrogen and oxygen atoms in total. The lowest BCUT2D eigenvalue weighted by molar-refractivity contribution is 1.02. The van der Waals surface area contributed by atoms with E-state index < -0.39 is 0 Å². The molecule has 1 aliphatic rings. The lowest BCUT2D eigenvalue weighted by Crippen LogP contribution is -1.86. The van der Waals surface area contributed by atoms with Gasteiger partial charge in [0.15, 0.2) is 5.13 Å². The Morgan fingerprint density at radius 1 is 1.06 bits per heavy atom. The van der Waals surface area contributed by atoms with Crippen LogP contribution in [-0.2, 0) is 12.8 Å². The Kier molecular flexibility index (Phi) is 2.00. The molecule has 1 aliphatic carbocycles. The Labute approximate surface area is 109 Å². The Hall–Kier alpha value is -1.87. The Bertz CT molecular complexity index is 748. The summed E-state index contributed by atoms with van der Waals surface area (Å²) in [5.41, 5.74) is 10.9. The second kappa shape index (κ2) is 3.56. The molecule has 2 aromatic carbocycles. The fourth-order valence-electron chi connectivity index (χ4n) is 2.88. The van der Waals surface area contributed by atoms with E-state index >= 15 is 0 Å². The number of anilines is 1. The molecule has 0 unspecified atom stereocenters. The van der Waals surface area contributed by atoms with E-state index in [2.05, 4.69) is 35.3 Å². The number of nitrogens with two attached hydrogens (primary N) is 1. The molecule has 0 fully saturated rings. The number of hydrogen-bond donors (Lipinski definition) is 1. The van der Waals surface area contributed by atoms with E-state index in [0.717, 1.165) is 18.5 Å². The van der Waals surface area contributed by atoms with Crippen molar-refractivity contribution in [3.8, 4) is 11.3 Å².